The third kappa shape index (κ3) is 5.82. The molecule has 1 amide bonds. The van der Waals surface area contributed by atoms with Gasteiger partial charge in [-0.25, -0.2) is 0 Å². The quantitative estimate of drug-likeness (QED) is 0.588. The van der Waals surface area contributed by atoms with E-state index in [0.29, 0.717) is 11.4 Å². The summed E-state index contributed by atoms with van der Waals surface area (Å²) in [6.07, 6.45) is -4.57. The van der Waals surface area contributed by atoms with Crippen molar-refractivity contribution in [2.24, 2.45) is 0 Å². The second-order valence-electron chi connectivity index (χ2n) is 7.98. The summed E-state index contributed by atoms with van der Waals surface area (Å²) < 4.78 is 44.4. The number of carbonyl (C=O) groups is 1. The lowest BCUT2D eigenvalue weighted by molar-refractivity contribution is -0.139. The second-order valence-corrected chi connectivity index (χ2v) is 7.98. The van der Waals surface area contributed by atoms with E-state index in [1.807, 2.05) is 18.2 Å². The number of carbonyl (C=O) groups excluding carboxylic acids is 1. The first-order valence-electron chi connectivity index (χ1n) is 10.8. The maximum atomic E-state index is 13.1. The molecule has 1 saturated heterocycles. The van der Waals surface area contributed by atoms with Crippen molar-refractivity contribution in [2.75, 3.05) is 50.1 Å². The summed E-state index contributed by atoms with van der Waals surface area (Å²) in [5.41, 5.74) is 0.937. The van der Waals surface area contributed by atoms with E-state index in [1.54, 1.807) is 18.2 Å². The number of nitrogens with zero attached hydrogens (tertiary/aromatic N) is 4. The Balaban J connectivity index is 1.38. The van der Waals surface area contributed by atoms with Gasteiger partial charge in [0.05, 0.1) is 11.3 Å². The zero-order valence-corrected chi connectivity index (χ0v) is 18.5. The van der Waals surface area contributed by atoms with E-state index < -0.39 is 30.0 Å². The Labute approximate surface area is 195 Å². The summed E-state index contributed by atoms with van der Waals surface area (Å²) in [5.74, 6) is -0.155. The zero-order chi connectivity index (χ0) is 24.1. The number of likely N-dealkylation sites (N-methyl/N-ethyl adjacent to an activating group) is 1. The minimum Gasteiger partial charge on any atom is -0.483 e. The van der Waals surface area contributed by atoms with Gasteiger partial charge in [0.1, 0.15) is 5.75 Å². The van der Waals surface area contributed by atoms with Gasteiger partial charge in [0.25, 0.3) is 5.91 Å². The van der Waals surface area contributed by atoms with E-state index in [9.17, 15) is 18.0 Å². The minimum atomic E-state index is -4.57. The predicted octanol–water partition coefficient (Wildman–Crippen LogP) is 3.93. The molecule has 1 N–H and O–H groups in total. The molecule has 2 aromatic carbocycles. The van der Waals surface area contributed by atoms with E-state index in [0.717, 1.165) is 43.6 Å². The Morgan fingerprint density at radius 2 is 1.76 bits per heavy atom. The van der Waals surface area contributed by atoms with Crippen LogP contribution in [0.15, 0.2) is 60.7 Å². The van der Waals surface area contributed by atoms with Crippen LogP contribution in [0.2, 0.25) is 0 Å². The number of benzene rings is 2. The van der Waals surface area contributed by atoms with Gasteiger partial charge in [0.2, 0.25) is 0 Å². The maximum absolute atomic E-state index is 13.1. The highest BCUT2D eigenvalue weighted by molar-refractivity contribution is 5.92. The van der Waals surface area contributed by atoms with Gasteiger partial charge in [-0.05, 0) is 43.4 Å². The molecular formula is C24H24F3N5O2. The van der Waals surface area contributed by atoms with Gasteiger partial charge in [0, 0.05) is 37.4 Å². The smallest absolute Gasteiger partial charge is 0.419 e. The summed E-state index contributed by atoms with van der Waals surface area (Å²) in [6, 6.07) is 15.6. The molecule has 178 valence electrons. The Bertz CT molecular complexity index is 1130. The van der Waals surface area contributed by atoms with E-state index >= 15 is 0 Å². The number of hydrogen-bond donors (Lipinski definition) is 1. The third-order valence-electron chi connectivity index (χ3n) is 5.47. The Hall–Kier alpha value is -3.66. The molecular weight excluding hydrogens is 447 g/mol. The van der Waals surface area contributed by atoms with Crippen LogP contribution in [-0.4, -0.2) is 60.8 Å². The predicted molar refractivity (Wildman–Crippen MR) is 123 cm³/mol. The lowest BCUT2D eigenvalue weighted by atomic mass is 10.1. The van der Waals surface area contributed by atoms with Crippen LogP contribution in [0.1, 0.15) is 5.56 Å². The maximum Gasteiger partial charge on any atom is 0.419 e. The topological polar surface area (TPSA) is 70.6 Å². The molecule has 0 bridgehead atoms. The summed E-state index contributed by atoms with van der Waals surface area (Å²) in [7, 11) is 2.09. The molecule has 0 atom stereocenters. The molecule has 2 heterocycles. The molecule has 3 aromatic rings. The Morgan fingerprint density at radius 1 is 1.00 bits per heavy atom. The molecule has 7 nitrogen and oxygen atoms in total. The number of hydrogen-bond acceptors (Lipinski definition) is 6. The van der Waals surface area contributed by atoms with Crippen molar-refractivity contribution in [2.45, 2.75) is 6.18 Å². The summed E-state index contributed by atoms with van der Waals surface area (Å²) in [5, 5.41) is 11.3. The lowest BCUT2D eigenvalue weighted by Gasteiger charge is -2.32. The van der Waals surface area contributed by atoms with Crippen LogP contribution in [0.25, 0.3) is 11.3 Å². The van der Waals surface area contributed by atoms with E-state index in [4.69, 9.17) is 4.74 Å². The van der Waals surface area contributed by atoms with Gasteiger partial charge >= 0.3 is 6.18 Å². The van der Waals surface area contributed by atoms with Crippen LogP contribution in [0.4, 0.5) is 24.7 Å². The molecule has 0 unspecified atom stereocenters. The SMILES string of the molecule is CN1CCN(c2ccc(-c3cccc(NC(=O)COc4ccccc4C(F)(F)F)c3)nn2)CC1. The molecule has 1 aliphatic rings. The first kappa shape index (κ1) is 23.5. The van der Waals surface area contributed by atoms with Crippen molar-refractivity contribution in [3.8, 4) is 17.0 Å². The van der Waals surface area contributed by atoms with Crippen molar-refractivity contribution in [1.82, 2.24) is 15.1 Å². The van der Waals surface area contributed by atoms with Crippen LogP contribution < -0.4 is 15.0 Å². The van der Waals surface area contributed by atoms with Crippen molar-refractivity contribution in [3.05, 3.63) is 66.2 Å². The van der Waals surface area contributed by atoms with Gasteiger partial charge in [-0.2, -0.15) is 13.2 Å². The summed E-state index contributed by atoms with van der Waals surface area (Å²) >= 11 is 0. The molecule has 0 radical (unpaired) electrons. The lowest BCUT2D eigenvalue weighted by Crippen LogP contribution is -2.44. The number of nitrogens with one attached hydrogen (secondary N) is 1. The van der Waals surface area contributed by atoms with Crippen molar-refractivity contribution in [3.63, 3.8) is 0 Å². The minimum absolute atomic E-state index is 0.394. The average molecular weight is 471 g/mol. The number of halogens is 3. The largest absolute Gasteiger partial charge is 0.483 e. The highest BCUT2D eigenvalue weighted by Gasteiger charge is 2.34. The van der Waals surface area contributed by atoms with E-state index in [2.05, 4.69) is 32.4 Å². The first-order chi connectivity index (χ1) is 16.3. The van der Waals surface area contributed by atoms with E-state index in [1.165, 1.54) is 18.2 Å². The van der Waals surface area contributed by atoms with Crippen LogP contribution in [-0.2, 0) is 11.0 Å². The molecule has 1 fully saturated rings. The number of anilines is 2. The standard InChI is InChI=1S/C24H24F3N5O2/c1-31-11-13-32(14-12-31)22-10-9-20(29-30-22)17-5-4-6-18(15-17)28-23(33)16-34-21-8-3-2-7-19(21)24(25,26)27/h2-10,15H,11-14,16H2,1H3,(H,28,33). The highest BCUT2D eigenvalue weighted by Crippen LogP contribution is 2.35. The molecule has 0 aliphatic carbocycles. The zero-order valence-electron chi connectivity index (χ0n) is 18.5. The fourth-order valence-electron chi connectivity index (χ4n) is 3.61. The fraction of sp³-hybridized carbons (Fsp3) is 0.292. The molecule has 4 rings (SSSR count). The van der Waals surface area contributed by atoms with Crippen LogP contribution >= 0.6 is 0 Å². The number of amides is 1. The van der Waals surface area contributed by atoms with Gasteiger partial charge in [-0.1, -0.05) is 24.3 Å². The van der Waals surface area contributed by atoms with Gasteiger partial charge in [-0.3, -0.25) is 4.79 Å². The number of para-hydroxylation sites is 1. The van der Waals surface area contributed by atoms with Crippen molar-refractivity contribution in [1.29, 1.82) is 0 Å². The number of rotatable bonds is 6. The number of aromatic nitrogens is 2. The molecule has 0 spiro atoms. The number of ether oxygens (including phenoxy) is 1. The number of alkyl halides is 3. The first-order valence-corrected chi connectivity index (χ1v) is 10.8. The average Bonchev–Trinajstić information content (AvgIpc) is 2.83. The van der Waals surface area contributed by atoms with E-state index in [-0.39, 0.29) is 0 Å². The van der Waals surface area contributed by atoms with Crippen molar-refractivity contribution >= 4 is 17.4 Å². The summed E-state index contributed by atoms with van der Waals surface area (Å²) in [6.45, 7) is 3.16. The summed E-state index contributed by atoms with van der Waals surface area (Å²) in [4.78, 5) is 16.7. The van der Waals surface area contributed by atoms with Crippen LogP contribution in [0, 0.1) is 0 Å². The molecule has 1 aliphatic heterocycles. The normalized spacial score (nSPS) is 14.6. The van der Waals surface area contributed by atoms with Gasteiger partial charge in [-0.15, -0.1) is 10.2 Å². The second kappa shape index (κ2) is 10.1. The molecule has 1 aromatic heterocycles. The monoisotopic (exact) mass is 471 g/mol. The Kier molecular flexibility index (Phi) is 6.97. The van der Waals surface area contributed by atoms with Gasteiger partial charge in [0.15, 0.2) is 12.4 Å². The van der Waals surface area contributed by atoms with Crippen LogP contribution in [0.5, 0.6) is 5.75 Å². The number of piperazine rings is 1. The van der Waals surface area contributed by atoms with Crippen LogP contribution in [0.3, 0.4) is 0 Å². The highest BCUT2D eigenvalue weighted by atomic mass is 19.4. The third-order valence-corrected chi connectivity index (χ3v) is 5.47. The molecule has 10 heteroatoms. The molecule has 34 heavy (non-hydrogen) atoms. The van der Waals surface area contributed by atoms with Crippen molar-refractivity contribution < 1.29 is 22.7 Å². The Morgan fingerprint density at radius 3 is 2.47 bits per heavy atom. The fourth-order valence-corrected chi connectivity index (χ4v) is 3.61. The molecule has 0 saturated carbocycles. The van der Waals surface area contributed by atoms with Gasteiger partial charge < -0.3 is 19.9 Å².